The summed E-state index contributed by atoms with van der Waals surface area (Å²) in [7, 11) is 0. The third-order valence-corrected chi connectivity index (χ3v) is 5.00. The van der Waals surface area contributed by atoms with E-state index in [0.29, 0.717) is 0 Å². The first-order valence-corrected chi connectivity index (χ1v) is 9.27. The number of H-pyrrole nitrogens is 1. The summed E-state index contributed by atoms with van der Waals surface area (Å²) in [4.78, 5) is 37.3. The second-order valence-corrected chi connectivity index (χ2v) is 6.82. The Balaban J connectivity index is 1.63. The molecule has 0 aliphatic heterocycles. The lowest BCUT2D eigenvalue weighted by Gasteiger charge is -2.22. The summed E-state index contributed by atoms with van der Waals surface area (Å²) in [6.45, 7) is 2.29. The zero-order valence-electron chi connectivity index (χ0n) is 15.1. The summed E-state index contributed by atoms with van der Waals surface area (Å²) in [5.74, 6) is -0.104. The molecular formula is C20H25N3O3. The van der Waals surface area contributed by atoms with E-state index in [1.165, 1.54) is 40.8 Å². The molecule has 1 atom stereocenters. The van der Waals surface area contributed by atoms with E-state index in [4.69, 9.17) is 0 Å². The number of hydrogen-bond acceptors (Lipinski definition) is 3. The fourth-order valence-electron chi connectivity index (χ4n) is 3.50. The van der Waals surface area contributed by atoms with E-state index in [0.717, 1.165) is 24.8 Å². The van der Waals surface area contributed by atoms with Gasteiger partial charge in [-0.15, -0.1) is 0 Å². The number of benzene rings is 1. The standard InChI is InChI=1S/C20H25N3O3/c1-2-17(16-8-7-14-5-3-4-6-15(14)13-16)21-18(24)9-11-23-12-10-19(25)22-20(23)26/h7-8,10,12-13,17H,2-6,9,11H2,1H3,(H,21,24)(H,22,25,26). The molecule has 1 aliphatic rings. The number of carbonyl (C=O) groups is 1. The molecule has 0 spiro atoms. The van der Waals surface area contributed by atoms with Crippen LogP contribution in [0, 0.1) is 0 Å². The van der Waals surface area contributed by atoms with Crippen LogP contribution in [0.5, 0.6) is 0 Å². The fourth-order valence-corrected chi connectivity index (χ4v) is 3.50. The first kappa shape index (κ1) is 18.2. The molecule has 1 amide bonds. The highest BCUT2D eigenvalue weighted by molar-refractivity contribution is 5.76. The molecular weight excluding hydrogens is 330 g/mol. The van der Waals surface area contributed by atoms with Gasteiger partial charge < -0.3 is 9.88 Å². The molecule has 2 aromatic rings. The summed E-state index contributed by atoms with van der Waals surface area (Å²) < 4.78 is 1.33. The van der Waals surface area contributed by atoms with Gasteiger partial charge in [-0.25, -0.2) is 4.79 Å². The van der Waals surface area contributed by atoms with Crippen LogP contribution in [0.2, 0.25) is 0 Å². The third kappa shape index (κ3) is 4.31. The van der Waals surface area contributed by atoms with Gasteiger partial charge >= 0.3 is 5.69 Å². The van der Waals surface area contributed by atoms with Crippen molar-refractivity contribution in [3.8, 4) is 0 Å². The van der Waals surface area contributed by atoms with E-state index in [1.54, 1.807) is 0 Å². The predicted molar refractivity (Wildman–Crippen MR) is 100 cm³/mol. The first-order chi connectivity index (χ1) is 12.6. The van der Waals surface area contributed by atoms with Gasteiger partial charge in [0.1, 0.15) is 0 Å². The molecule has 0 saturated heterocycles. The average Bonchev–Trinajstić information content (AvgIpc) is 2.65. The lowest BCUT2D eigenvalue weighted by Crippen LogP contribution is -2.32. The van der Waals surface area contributed by atoms with Gasteiger partial charge in [-0.2, -0.15) is 0 Å². The maximum atomic E-state index is 12.3. The van der Waals surface area contributed by atoms with E-state index in [1.807, 2.05) is 0 Å². The van der Waals surface area contributed by atoms with Gasteiger partial charge in [0, 0.05) is 25.2 Å². The Morgan fingerprint density at radius 1 is 1.19 bits per heavy atom. The van der Waals surface area contributed by atoms with Crippen LogP contribution in [-0.2, 0) is 24.2 Å². The second kappa shape index (κ2) is 8.17. The van der Waals surface area contributed by atoms with Gasteiger partial charge in [0.25, 0.3) is 5.56 Å². The van der Waals surface area contributed by atoms with Crippen molar-refractivity contribution >= 4 is 5.91 Å². The van der Waals surface area contributed by atoms with E-state index < -0.39 is 11.2 Å². The Bertz CT molecular complexity index is 898. The minimum absolute atomic E-state index is 0.0259. The molecule has 26 heavy (non-hydrogen) atoms. The molecule has 1 unspecified atom stereocenters. The maximum Gasteiger partial charge on any atom is 0.328 e. The predicted octanol–water partition coefficient (Wildman–Crippen LogP) is 2.07. The summed E-state index contributed by atoms with van der Waals surface area (Å²) >= 11 is 0. The number of hydrogen-bond donors (Lipinski definition) is 2. The highest BCUT2D eigenvalue weighted by Gasteiger charge is 2.16. The van der Waals surface area contributed by atoms with Crippen molar-refractivity contribution in [1.29, 1.82) is 0 Å². The molecule has 0 radical (unpaired) electrons. The van der Waals surface area contributed by atoms with Crippen LogP contribution in [0.4, 0.5) is 0 Å². The van der Waals surface area contributed by atoms with Gasteiger partial charge in [0.15, 0.2) is 0 Å². The number of amides is 1. The van der Waals surface area contributed by atoms with Crippen molar-refractivity contribution in [1.82, 2.24) is 14.9 Å². The van der Waals surface area contributed by atoms with E-state index in [9.17, 15) is 14.4 Å². The number of aromatic nitrogens is 2. The van der Waals surface area contributed by atoms with Crippen LogP contribution >= 0.6 is 0 Å². The Hall–Kier alpha value is -2.63. The number of rotatable bonds is 6. The van der Waals surface area contributed by atoms with Crippen molar-refractivity contribution in [2.45, 2.75) is 58.0 Å². The van der Waals surface area contributed by atoms with Gasteiger partial charge in [-0.05, 0) is 48.8 Å². The number of fused-ring (bicyclic) bond motifs is 1. The molecule has 1 aromatic carbocycles. The van der Waals surface area contributed by atoms with Crippen molar-refractivity contribution < 1.29 is 4.79 Å². The van der Waals surface area contributed by atoms with Gasteiger partial charge in [-0.1, -0.05) is 25.1 Å². The number of aryl methyl sites for hydroxylation is 3. The van der Waals surface area contributed by atoms with Gasteiger partial charge in [-0.3, -0.25) is 14.6 Å². The molecule has 1 aliphatic carbocycles. The second-order valence-electron chi connectivity index (χ2n) is 6.82. The van der Waals surface area contributed by atoms with Crippen molar-refractivity contribution in [2.24, 2.45) is 0 Å². The van der Waals surface area contributed by atoms with Gasteiger partial charge in [0.2, 0.25) is 5.91 Å². The normalized spacial score (nSPS) is 14.5. The van der Waals surface area contributed by atoms with Crippen LogP contribution in [0.1, 0.15) is 55.3 Å². The zero-order valence-corrected chi connectivity index (χ0v) is 15.1. The molecule has 2 N–H and O–H groups in total. The van der Waals surface area contributed by atoms with E-state index >= 15 is 0 Å². The smallest absolute Gasteiger partial charge is 0.328 e. The first-order valence-electron chi connectivity index (χ1n) is 9.27. The van der Waals surface area contributed by atoms with E-state index in [-0.39, 0.29) is 24.9 Å². The summed E-state index contributed by atoms with van der Waals surface area (Å²) in [6.07, 6.45) is 7.15. The van der Waals surface area contributed by atoms with Crippen molar-refractivity contribution in [2.75, 3.05) is 0 Å². The van der Waals surface area contributed by atoms with E-state index in [2.05, 4.69) is 35.4 Å². The lowest BCUT2D eigenvalue weighted by atomic mass is 9.89. The largest absolute Gasteiger partial charge is 0.349 e. The van der Waals surface area contributed by atoms with Gasteiger partial charge in [0.05, 0.1) is 6.04 Å². The minimum Gasteiger partial charge on any atom is -0.349 e. The molecule has 0 saturated carbocycles. The quantitative estimate of drug-likeness (QED) is 0.832. The highest BCUT2D eigenvalue weighted by Crippen LogP contribution is 2.26. The average molecular weight is 355 g/mol. The number of nitrogens with zero attached hydrogens (tertiary/aromatic N) is 1. The molecule has 3 rings (SSSR count). The Labute approximate surface area is 152 Å². The van der Waals surface area contributed by atoms with Crippen LogP contribution in [0.25, 0.3) is 0 Å². The van der Waals surface area contributed by atoms with Crippen molar-refractivity contribution in [3.63, 3.8) is 0 Å². The molecule has 6 nitrogen and oxygen atoms in total. The highest BCUT2D eigenvalue weighted by atomic mass is 16.2. The molecule has 138 valence electrons. The summed E-state index contributed by atoms with van der Waals surface area (Å²) in [6, 6.07) is 7.79. The zero-order chi connectivity index (χ0) is 18.5. The maximum absolute atomic E-state index is 12.3. The molecule has 0 bridgehead atoms. The lowest BCUT2D eigenvalue weighted by molar-refractivity contribution is -0.122. The number of carbonyl (C=O) groups excluding carboxylic acids is 1. The summed E-state index contributed by atoms with van der Waals surface area (Å²) in [5, 5.41) is 3.06. The Morgan fingerprint density at radius 3 is 2.69 bits per heavy atom. The molecule has 0 fully saturated rings. The minimum atomic E-state index is -0.493. The molecule has 1 heterocycles. The summed E-state index contributed by atoms with van der Waals surface area (Å²) in [5.41, 5.74) is 3.05. The van der Waals surface area contributed by atoms with Crippen molar-refractivity contribution in [3.05, 3.63) is 68.0 Å². The molecule has 6 heteroatoms. The SMILES string of the molecule is CCC(NC(=O)CCn1ccc(=O)[nH]c1=O)c1ccc2c(c1)CCCC2. The Morgan fingerprint density at radius 2 is 1.96 bits per heavy atom. The fraction of sp³-hybridized carbons (Fsp3) is 0.450. The molecule has 1 aromatic heterocycles. The van der Waals surface area contributed by atoms with Crippen LogP contribution < -0.4 is 16.6 Å². The van der Waals surface area contributed by atoms with Crippen LogP contribution in [-0.4, -0.2) is 15.5 Å². The van der Waals surface area contributed by atoms with Crippen LogP contribution in [0.3, 0.4) is 0 Å². The monoisotopic (exact) mass is 355 g/mol. The Kier molecular flexibility index (Phi) is 5.71. The number of aromatic amines is 1. The topological polar surface area (TPSA) is 84.0 Å². The number of nitrogens with one attached hydrogen (secondary N) is 2. The van der Waals surface area contributed by atoms with Crippen LogP contribution in [0.15, 0.2) is 40.1 Å². The third-order valence-electron chi connectivity index (χ3n) is 5.00.